The molecule has 2 aromatic carbocycles. The van der Waals surface area contributed by atoms with E-state index in [0.29, 0.717) is 0 Å². The lowest BCUT2D eigenvalue weighted by Gasteiger charge is -2.11. The van der Waals surface area contributed by atoms with E-state index in [1.54, 1.807) is 0 Å². The number of anilines is 2. The molecule has 0 radical (unpaired) electrons. The predicted octanol–water partition coefficient (Wildman–Crippen LogP) is 3.54. The van der Waals surface area contributed by atoms with Gasteiger partial charge in [0.2, 0.25) is 0 Å². The van der Waals surface area contributed by atoms with Crippen LogP contribution in [-0.2, 0) is 6.42 Å². The zero-order chi connectivity index (χ0) is 13.0. The van der Waals surface area contributed by atoms with E-state index in [2.05, 4.69) is 36.5 Å². The van der Waals surface area contributed by atoms with E-state index in [4.69, 9.17) is 5.73 Å². The molecular formula is C16H20N2. The third kappa shape index (κ3) is 2.83. The molecular weight excluding hydrogens is 220 g/mol. The van der Waals surface area contributed by atoms with Gasteiger partial charge in [-0.1, -0.05) is 36.4 Å². The Morgan fingerprint density at radius 1 is 0.944 bits per heavy atom. The molecule has 0 saturated heterocycles. The fourth-order valence-electron chi connectivity index (χ4n) is 2.06. The molecule has 0 bridgehead atoms. The summed E-state index contributed by atoms with van der Waals surface area (Å²) in [6, 6.07) is 14.6. The van der Waals surface area contributed by atoms with Gasteiger partial charge in [-0.3, -0.25) is 0 Å². The Morgan fingerprint density at radius 2 is 1.67 bits per heavy atom. The molecule has 0 aliphatic rings. The second-order valence-corrected chi connectivity index (χ2v) is 4.64. The predicted molar refractivity (Wildman–Crippen MR) is 79.0 cm³/mol. The van der Waals surface area contributed by atoms with Crippen molar-refractivity contribution in [3.05, 3.63) is 59.2 Å². The summed E-state index contributed by atoms with van der Waals surface area (Å²) in [5.41, 5.74) is 11.8. The smallest absolute Gasteiger partial charge is 0.0579 e. The highest BCUT2D eigenvalue weighted by Gasteiger charge is 2.01. The van der Waals surface area contributed by atoms with Gasteiger partial charge >= 0.3 is 0 Å². The van der Waals surface area contributed by atoms with Crippen LogP contribution in [0.3, 0.4) is 0 Å². The first-order valence-corrected chi connectivity index (χ1v) is 6.32. The highest BCUT2D eigenvalue weighted by Crippen LogP contribution is 2.21. The molecule has 18 heavy (non-hydrogen) atoms. The van der Waals surface area contributed by atoms with E-state index >= 15 is 0 Å². The summed E-state index contributed by atoms with van der Waals surface area (Å²) in [5.74, 6) is 0. The van der Waals surface area contributed by atoms with E-state index in [1.807, 2.05) is 25.1 Å². The number of aryl methyl sites for hydroxylation is 2. The van der Waals surface area contributed by atoms with E-state index < -0.39 is 0 Å². The Bertz CT molecular complexity index is 532. The summed E-state index contributed by atoms with van der Waals surface area (Å²) >= 11 is 0. The maximum absolute atomic E-state index is 6.03. The van der Waals surface area contributed by atoms with Crippen LogP contribution in [0.1, 0.15) is 16.7 Å². The maximum Gasteiger partial charge on any atom is 0.0579 e. The lowest BCUT2D eigenvalue weighted by Crippen LogP contribution is -2.08. The Morgan fingerprint density at radius 3 is 2.44 bits per heavy atom. The molecule has 0 fully saturated rings. The van der Waals surface area contributed by atoms with Crippen LogP contribution in [0, 0.1) is 13.8 Å². The van der Waals surface area contributed by atoms with Gasteiger partial charge in [-0.05, 0) is 43.0 Å². The lowest BCUT2D eigenvalue weighted by molar-refractivity contribution is 1.01. The van der Waals surface area contributed by atoms with E-state index in [-0.39, 0.29) is 0 Å². The number of hydrogen-bond donors (Lipinski definition) is 2. The van der Waals surface area contributed by atoms with Gasteiger partial charge in [0, 0.05) is 6.54 Å². The largest absolute Gasteiger partial charge is 0.397 e. The van der Waals surface area contributed by atoms with Gasteiger partial charge in [0.15, 0.2) is 0 Å². The molecule has 2 heteroatoms. The zero-order valence-corrected chi connectivity index (χ0v) is 11.0. The summed E-state index contributed by atoms with van der Waals surface area (Å²) in [6.45, 7) is 5.08. The minimum atomic E-state index is 0.849. The summed E-state index contributed by atoms with van der Waals surface area (Å²) in [7, 11) is 0. The van der Waals surface area contributed by atoms with Crippen molar-refractivity contribution >= 4 is 11.4 Å². The van der Waals surface area contributed by atoms with Crippen LogP contribution >= 0.6 is 0 Å². The quantitative estimate of drug-likeness (QED) is 0.802. The fraction of sp³-hybridized carbons (Fsp3) is 0.250. The van der Waals surface area contributed by atoms with E-state index in [0.717, 1.165) is 29.9 Å². The normalized spacial score (nSPS) is 10.3. The van der Waals surface area contributed by atoms with Gasteiger partial charge in [0.05, 0.1) is 11.4 Å². The summed E-state index contributed by atoms with van der Waals surface area (Å²) in [6.07, 6.45) is 1.01. The molecule has 0 saturated carbocycles. The number of rotatable bonds is 4. The molecule has 0 aliphatic carbocycles. The Labute approximate surface area is 109 Å². The maximum atomic E-state index is 6.03. The SMILES string of the molecule is Cc1ccccc1CCNc1cccc(C)c1N. The van der Waals surface area contributed by atoms with Gasteiger partial charge in [-0.15, -0.1) is 0 Å². The van der Waals surface area contributed by atoms with Gasteiger partial charge < -0.3 is 11.1 Å². The van der Waals surface area contributed by atoms with Crippen LogP contribution < -0.4 is 11.1 Å². The van der Waals surface area contributed by atoms with E-state index in [1.165, 1.54) is 11.1 Å². The monoisotopic (exact) mass is 240 g/mol. The Balaban J connectivity index is 1.97. The number of para-hydroxylation sites is 1. The lowest BCUT2D eigenvalue weighted by atomic mass is 10.1. The summed E-state index contributed by atoms with van der Waals surface area (Å²) in [5, 5.41) is 3.40. The van der Waals surface area contributed by atoms with Crippen LogP contribution in [0.15, 0.2) is 42.5 Å². The zero-order valence-electron chi connectivity index (χ0n) is 11.0. The Kier molecular flexibility index (Phi) is 3.88. The first-order chi connectivity index (χ1) is 8.68. The summed E-state index contributed by atoms with van der Waals surface area (Å²) in [4.78, 5) is 0. The highest BCUT2D eigenvalue weighted by molar-refractivity contribution is 5.69. The van der Waals surface area contributed by atoms with Crippen LogP contribution in [0.2, 0.25) is 0 Å². The fourth-order valence-corrected chi connectivity index (χ4v) is 2.06. The molecule has 2 rings (SSSR count). The van der Waals surface area contributed by atoms with Crippen molar-refractivity contribution in [3.8, 4) is 0 Å². The van der Waals surface area contributed by atoms with Gasteiger partial charge in [0.1, 0.15) is 0 Å². The molecule has 0 amide bonds. The second kappa shape index (κ2) is 5.58. The molecule has 0 unspecified atom stereocenters. The topological polar surface area (TPSA) is 38.0 Å². The second-order valence-electron chi connectivity index (χ2n) is 4.64. The molecule has 0 heterocycles. The van der Waals surface area contributed by atoms with E-state index in [9.17, 15) is 0 Å². The van der Waals surface area contributed by atoms with Crippen LogP contribution in [0.25, 0.3) is 0 Å². The van der Waals surface area contributed by atoms with Crippen molar-refractivity contribution in [2.75, 3.05) is 17.6 Å². The number of nitrogens with one attached hydrogen (secondary N) is 1. The molecule has 0 aromatic heterocycles. The summed E-state index contributed by atoms with van der Waals surface area (Å²) < 4.78 is 0. The van der Waals surface area contributed by atoms with Crippen molar-refractivity contribution < 1.29 is 0 Å². The van der Waals surface area contributed by atoms with Crippen molar-refractivity contribution in [1.29, 1.82) is 0 Å². The average Bonchev–Trinajstić information content (AvgIpc) is 2.37. The first-order valence-electron chi connectivity index (χ1n) is 6.32. The number of nitrogen functional groups attached to an aromatic ring is 1. The molecule has 3 N–H and O–H groups in total. The molecule has 0 spiro atoms. The third-order valence-corrected chi connectivity index (χ3v) is 3.30. The third-order valence-electron chi connectivity index (χ3n) is 3.30. The number of nitrogens with two attached hydrogens (primary N) is 1. The molecule has 0 atom stereocenters. The minimum Gasteiger partial charge on any atom is -0.397 e. The Hall–Kier alpha value is -1.96. The van der Waals surface area contributed by atoms with Gasteiger partial charge in [0.25, 0.3) is 0 Å². The van der Waals surface area contributed by atoms with Crippen molar-refractivity contribution in [3.63, 3.8) is 0 Å². The number of benzene rings is 2. The highest BCUT2D eigenvalue weighted by atomic mass is 14.9. The van der Waals surface area contributed by atoms with Crippen LogP contribution in [0.5, 0.6) is 0 Å². The number of hydrogen-bond acceptors (Lipinski definition) is 2. The standard InChI is InChI=1S/C16H20N2/c1-12-6-3-4-8-14(12)10-11-18-15-9-5-7-13(2)16(15)17/h3-9,18H,10-11,17H2,1-2H3. The first kappa shape index (κ1) is 12.5. The van der Waals surface area contributed by atoms with Crippen LogP contribution in [0.4, 0.5) is 11.4 Å². The minimum absolute atomic E-state index is 0.849. The molecule has 0 aliphatic heterocycles. The average molecular weight is 240 g/mol. The van der Waals surface area contributed by atoms with Gasteiger partial charge in [-0.2, -0.15) is 0 Å². The van der Waals surface area contributed by atoms with Crippen molar-refractivity contribution in [1.82, 2.24) is 0 Å². The van der Waals surface area contributed by atoms with Crippen molar-refractivity contribution in [2.45, 2.75) is 20.3 Å². The van der Waals surface area contributed by atoms with Crippen LogP contribution in [-0.4, -0.2) is 6.54 Å². The van der Waals surface area contributed by atoms with Gasteiger partial charge in [-0.25, -0.2) is 0 Å². The molecule has 2 nitrogen and oxygen atoms in total. The van der Waals surface area contributed by atoms with Crippen molar-refractivity contribution in [2.24, 2.45) is 0 Å². The molecule has 2 aromatic rings. The molecule has 94 valence electrons.